The van der Waals surface area contributed by atoms with Gasteiger partial charge in [0.1, 0.15) is 0 Å². The number of carbonyl (C=O) groups is 1. The van der Waals surface area contributed by atoms with Gasteiger partial charge in [-0.1, -0.05) is 24.3 Å². The average Bonchev–Trinajstić information content (AvgIpc) is 2.64. The molecule has 0 aliphatic heterocycles. The van der Waals surface area contributed by atoms with Crippen molar-refractivity contribution < 1.29 is 19.0 Å². The van der Waals surface area contributed by atoms with Crippen LogP contribution < -0.4 is 19.5 Å². The number of aryl methyl sites for hydroxylation is 1. The molecule has 2 aromatic rings. The second-order valence-corrected chi connectivity index (χ2v) is 6.15. The van der Waals surface area contributed by atoms with E-state index < -0.39 is 0 Å². The normalized spacial score (nSPS) is 11.6. The predicted molar refractivity (Wildman–Crippen MR) is 107 cm³/mol. The van der Waals surface area contributed by atoms with Crippen LogP contribution in [0.25, 0.3) is 0 Å². The molecule has 0 heterocycles. The summed E-state index contributed by atoms with van der Waals surface area (Å²) >= 11 is 0. The monoisotopic (exact) mass is 371 g/mol. The van der Waals surface area contributed by atoms with Gasteiger partial charge < -0.3 is 19.5 Å². The van der Waals surface area contributed by atoms with Crippen LogP contribution in [0.2, 0.25) is 0 Å². The first-order valence-corrected chi connectivity index (χ1v) is 9.44. The molecule has 2 aromatic carbocycles. The molecule has 0 aromatic heterocycles. The summed E-state index contributed by atoms with van der Waals surface area (Å²) in [4.78, 5) is 12.9. The van der Waals surface area contributed by atoms with Crippen molar-refractivity contribution in [3.05, 3.63) is 53.1 Å². The lowest BCUT2D eigenvalue weighted by molar-refractivity contribution is 0.0938. The summed E-state index contributed by atoms with van der Waals surface area (Å²) in [5.41, 5.74) is 2.71. The van der Waals surface area contributed by atoms with Crippen LogP contribution in [-0.2, 0) is 0 Å². The fourth-order valence-electron chi connectivity index (χ4n) is 2.95. The van der Waals surface area contributed by atoms with Crippen molar-refractivity contribution in [3.8, 4) is 17.2 Å². The van der Waals surface area contributed by atoms with E-state index in [9.17, 15) is 4.79 Å². The summed E-state index contributed by atoms with van der Waals surface area (Å²) in [6.07, 6.45) is 0. The number of nitrogens with one attached hydrogen (secondary N) is 1. The fourth-order valence-corrected chi connectivity index (χ4v) is 2.95. The van der Waals surface area contributed by atoms with Crippen LogP contribution in [0.3, 0.4) is 0 Å². The number of carbonyl (C=O) groups excluding carboxylic acids is 1. The van der Waals surface area contributed by atoms with E-state index in [4.69, 9.17) is 14.2 Å². The summed E-state index contributed by atoms with van der Waals surface area (Å²) in [6.45, 7) is 11.1. The van der Waals surface area contributed by atoms with Crippen molar-refractivity contribution in [2.24, 2.45) is 0 Å². The van der Waals surface area contributed by atoms with E-state index in [-0.39, 0.29) is 11.9 Å². The zero-order valence-corrected chi connectivity index (χ0v) is 16.8. The van der Waals surface area contributed by atoms with Gasteiger partial charge in [-0.05, 0) is 57.9 Å². The Kier molecular flexibility index (Phi) is 7.53. The number of rotatable bonds is 9. The fraction of sp³-hybridized carbons (Fsp3) is 0.409. The van der Waals surface area contributed by atoms with Gasteiger partial charge in [0.25, 0.3) is 5.91 Å². The average molecular weight is 371 g/mol. The SMILES string of the molecule is CCOc1cc(C(=O)NC(C)c2ccccc2C)cc(OCC)c1OCC. The van der Waals surface area contributed by atoms with Crippen LogP contribution in [0.1, 0.15) is 55.2 Å². The lowest BCUT2D eigenvalue weighted by Crippen LogP contribution is -2.27. The Morgan fingerprint density at radius 3 is 2.04 bits per heavy atom. The molecule has 0 aliphatic rings. The van der Waals surface area contributed by atoms with Crippen LogP contribution >= 0.6 is 0 Å². The molecular weight excluding hydrogens is 342 g/mol. The molecule has 5 nitrogen and oxygen atoms in total. The molecule has 0 fully saturated rings. The summed E-state index contributed by atoms with van der Waals surface area (Å²) in [5, 5.41) is 3.05. The minimum Gasteiger partial charge on any atom is -0.490 e. The highest BCUT2D eigenvalue weighted by Gasteiger charge is 2.20. The lowest BCUT2D eigenvalue weighted by Gasteiger charge is -2.19. The van der Waals surface area contributed by atoms with Crippen LogP contribution in [0, 0.1) is 6.92 Å². The smallest absolute Gasteiger partial charge is 0.252 e. The molecule has 27 heavy (non-hydrogen) atoms. The Morgan fingerprint density at radius 2 is 1.52 bits per heavy atom. The van der Waals surface area contributed by atoms with Crippen LogP contribution in [0.15, 0.2) is 36.4 Å². The maximum atomic E-state index is 12.9. The molecular formula is C22H29NO4. The summed E-state index contributed by atoms with van der Waals surface area (Å²) in [5.74, 6) is 1.37. The van der Waals surface area contributed by atoms with Gasteiger partial charge in [0, 0.05) is 5.56 Å². The van der Waals surface area contributed by atoms with Gasteiger partial charge in [0.2, 0.25) is 5.75 Å². The molecule has 2 rings (SSSR count). The van der Waals surface area contributed by atoms with Gasteiger partial charge in [-0.25, -0.2) is 0 Å². The van der Waals surface area contributed by atoms with Crippen molar-refractivity contribution in [1.29, 1.82) is 0 Å². The van der Waals surface area contributed by atoms with Crippen molar-refractivity contribution in [2.75, 3.05) is 19.8 Å². The van der Waals surface area contributed by atoms with Gasteiger partial charge >= 0.3 is 0 Å². The maximum Gasteiger partial charge on any atom is 0.252 e. The number of hydrogen-bond acceptors (Lipinski definition) is 4. The first kappa shape index (κ1) is 20.6. The van der Waals surface area contributed by atoms with E-state index in [0.717, 1.165) is 11.1 Å². The molecule has 146 valence electrons. The highest BCUT2D eigenvalue weighted by atomic mass is 16.5. The molecule has 1 N–H and O–H groups in total. The molecule has 1 amide bonds. The van der Waals surface area contributed by atoms with E-state index in [1.54, 1.807) is 12.1 Å². The second-order valence-electron chi connectivity index (χ2n) is 6.15. The molecule has 1 atom stereocenters. The highest BCUT2D eigenvalue weighted by Crippen LogP contribution is 2.39. The quantitative estimate of drug-likeness (QED) is 0.695. The van der Waals surface area contributed by atoms with E-state index in [0.29, 0.717) is 42.6 Å². The Bertz CT molecular complexity index is 746. The Labute approximate surface area is 161 Å². The first-order valence-electron chi connectivity index (χ1n) is 9.44. The van der Waals surface area contributed by atoms with Gasteiger partial charge in [-0.15, -0.1) is 0 Å². The molecule has 0 bridgehead atoms. The third-order valence-corrected chi connectivity index (χ3v) is 4.17. The van der Waals surface area contributed by atoms with E-state index in [1.165, 1.54) is 0 Å². The third-order valence-electron chi connectivity index (χ3n) is 4.17. The maximum absolute atomic E-state index is 12.9. The largest absolute Gasteiger partial charge is 0.490 e. The molecule has 0 spiro atoms. The predicted octanol–water partition coefficient (Wildman–Crippen LogP) is 4.68. The minimum absolute atomic E-state index is 0.114. The first-order chi connectivity index (χ1) is 13.0. The van der Waals surface area contributed by atoms with Gasteiger partial charge in [0.15, 0.2) is 11.5 Å². The van der Waals surface area contributed by atoms with Crippen molar-refractivity contribution in [1.82, 2.24) is 5.32 Å². The standard InChI is InChI=1S/C22H29NO4/c1-6-25-19-13-17(14-20(26-7-2)21(19)27-8-3)22(24)23-16(5)18-12-10-9-11-15(18)4/h9-14,16H,6-8H2,1-5H3,(H,23,24). The number of amides is 1. The number of ether oxygens (including phenoxy) is 3. The topological polar surface area (TPSA) is 56.8 Å². The van der Waals surface area contributed by atoms with E-state index in [1.807, 2.05) is 58.9 Å². The molecule has 0 radical (unpaired) electrons. The Morgan fingerprint density at radius 1 is 0.963 bits per heavy atom. The summed E-state index contributed by atoms with van der Waals surface area (Å²) < 4.78 is 17.1. The van der Waals surface area contributed by atoms with Crippen molar-refractivity contribution in [2.45, 2.75) is 40.7 Å². The molecule has 0 aliphatic carbocycles. The molecule has 0 saturated carbocycles. The highest BCUT2D eigenvalue weighted by molar-refractivity contribution is 5.96. The van der Waals surface area contributed by atoms with Crippen molar-refractivity contribution >= 4 is 5.91 Å². The van der Waals surface area contributed by atoms with Crippen molar-refractivity contribution in [3.63, 3.8) is 0 Å². The zero-order valence-electron chi connectivity index (χ0n) is 16.8. The molecule has 5 heteroatoms. The Balaban J connectivity index is 2.32. The second kappa shape index (κ2) is 9.86. The van der Waals surface area contributed by atoms with Gasteiger partial charge in [0.05, 0.1) is 25.9 Å². The van der Waals surface area contributed by atoms with Gasteiger partial charge in [-0.3, -0.25) is 4.79 Å². The van der Waals surface area contributed by atoms with E-state index in [2.05, 4.69) is 5.32 Å². The van der Waals surface area contributed by atoms with E-state index >= 15 is 0 Å². The number of benzene rings is 2. The van der Waals surface area contributed by atoms with Crippen LogP contribution in [-0.4, -0.2) is 25.7 Å². The molecule has 1 unspecified atom stereocenters. The third kappa shape index (κ3) is 5.16. The summed E-state index contributed by atoms with van der Waals surface area (Å²) in [6, 6.07) is 11.3. The van der Waals surface area contributed by atoms with Gasteiger partial charge in [-0.2, -0.15) is 0 Å². The number of hydrogen-bond donors (Lipinski definition) is 1. The van der Waals surface area contributed by atoms with Crippen LogP contribution in [0.5, 0.6) is 17.2 Å². The lowest BCUT2D eigenvalue weighted by atomic mass is 10.0. The summed E-state index contributed by atoms with van der Waals surface area (Å²) in [7, 11) is 0. The van der Waals surface area contributed by atoms with Crippen LogP contribution in [0.4, 0.5) is 0 Å². The minimum atomic E-state index is -0.185. The Hall–Kier alpha value is -2.69. The zero-order chi connectivity index (χ0) is 19.8. The molecule has 0 saturated heterocycles.